The number of benzene rings is 1. The van der Waals surface area contributed by atoms with Crippen LogP contribution < -0.4 is 10.1 Å². The van der Waals surface area contributed by atoms with Gasteiger partial charge in [-0.1, -0.05) is 6.92 Å². The first-order valence-electron chi connectivity index (χ1n) is 7.06. The lowest BCUT2D eigenvalue weighted by Gasteiger charge is -2.27. The van der Waals surface area contributed by atoms with E-state index in [1.807, 2.05) is 6.92 Å². The highest BCUT2D eigenvalue weighted by Gasteiger charge is 2.33. The van der Waals surface area contributed by atoms with Crippen LogP contribution in [-0.2, 0) is 10.0 Å². The molecule has 22 heavy (non-hydrogen) atoms. The van der Waals surface area contributed by atoms with Crippen molar-refractivity contribution in [3.05, 3.63) is 24.0 Å². The fourth-order valence-corrected chi connectivity index (χ4v) is 4.30. The minimum atomic E-state index is -3.65. The Kier molecular flexibility index (Phi) is 7.05. The molecule has 0 aromatic heterocycles. The van der Waals surface area contributed by atoms with Crippen LogP contribution >= 0.6 is 12.4 Å². The molecule has 0 saturated carbocycles. The molecule has 0 spiro atoms. The van der Waals surface area contributed by atoms with Crippen molar-refractivity contribution in [2.24, 2.45) is 0 Å². The number of ether oxygens (including phenoxy) is 1. The molecule has 1 aliphatic heterocycles. The smallest absolute Gasteiger partial charge is 0.243 e. The van der Waals surface area contributed by atoms with E-state index in [4.69, 9.17) is 4.74 Å². The SMILES string of the molecule is CCCN(C1CCNC1)S(=O)(=O)c1ccc(F)c(OC)c1.Cl. The summed E-state index contributed by atoms with van der Waals surface area (Å²) in [6.45, 7) is 3.86. The molecule has 1 saturated heterocycles. The summed E-state index contributed by atoms with van der Waals surface area (Å²) in [7, 11) is -2.33. The summed E-state index contributed by atoms with van der Waals surface area (Å²) < 4.78 is 45.5. The zero-order chi connectivity index (χ0) is 15.5. The number of sulfonamides is 1. The van der Waals surface area contributed by atoms with E-state index < -0.39 is 15.8 Å². The maximum atomic E-state index is 13.5. The van der Waals surface area contributed by atoms with E-state index in [0.717, 1.165) is 25.5 Å². The van der Waals surface area contributed by atoms with Gasteiger partial charge in [0.2, 0.25) is 10.0 Å². The Morgan fingerprint density at radius 3 is 2.73 bits per heavy atom. The molecular weight excluding hydrogens is 331 g/mol. The van der Waals surface area contributed by atoms with Crippen LogP contribution in [0.4, 0.5) is 4.39 Å². The lowest BCUT2D eigenvalue weighted by Crippen LogP contribution is -2.42. The largest absolute Gasteiger partial charge is 0.494 e. The first kappa shape index (κ1) is 19.2. The highest BCUT2D eigenvalue weighted by Crippen LogP contribution is 2.26. The topological polar surface area (TPSA) is 58.6 Å². The second-order valence-electron chi connectivity index (χ2n) is 5.06. The quantitative estimate of drug-likeness (QED) is 0.851. The van der Waals surface area contributed by atoms with Gasteiger partial charge in [0.15, 0.2) is 11.6 Å². The van der Waals surface area contributed by atoms with Gasteiger partial charge >= 0.3 is 0 Å². The fourth-order valence-electron chi connectivity index (χ4n) is 2.54. The molecule has 126 valence electrons. The molecular formula is C14H22ClFN2O3S. The molecule has 1 unspecified atom stereocenters. The molecule has 0 aliphatic carbocycles. The third kappa shape index (κ3) is 3.90. The highest BCUT2D eigenvalue weighted by molar-refractivity contribution is 7.89. The summed E-state index contributed by atoms with van der Waals surface area (Å²) in [6, 6.07) is 3.61. The van der Waals surface area contributed by atoms with Crippen LogP contribution in [0.15, 0.2) is 23.1 Å². The number of methoxy groups -OCH3 is 1. The van der Waals surface area contributed by atoms with Crippen molar-refractivity contribution in [2.75, 3.05) is 26.7 Å². The van der Waals surface area contributed by atoms with Gasteiger partial charge < -0.3 is 10.1 Å². The molecule has 1 fully saturated rings. The van der Waals surface area contributed by atoms with E-state index >= 15 is 0 Å². The van der Waals surface area contributed by atoms with Crippen LogP contribution in [0.3, 0.4) is 0 Å². The molecule has 8 heteroatoms. The van der Waals surface area contributed by atoms with Crippen LogP contribution in [-0.4, -0.2) is 45.5 Å². The third-order valence-electron chi connectivity index (χ3n) is 3.61. The molecule has 1 aliphatic rings. The van der Waals surface area contributed by atoms with Crippen molar-refractivity contribution >= 4 is 22.4 Å². The Labute approximate surface area is 137 Å². The van der Waals surface area contributed by atoms with E-state index in [1.165, 1.54) is 23.5 Å². The molecule has 1 heterocycles. The predicted molar refractivity (Wildman–Crippen MR) is 85.7 cm³/mol. The standard InChI is InChI=1S/C14H21FN2O3S.ClH/c1-3-8-17(11-6-7-16-10-11)21(18,19)12-4-5-13(15)14(9-12)20-2;/h4-5,9,11,16H,3,6-8,10H2,1-2H3;1H. The van der Waals surface area contributed by atoms with Gasteiger partial charge in [0, 0.05) is 25.2 Å². The minimum absolute atomic E-state index is 0. The van der Waals surface area contributed by atoms with Gasteiger partial charge in [0.05, 0.1) is 12.0 Å². The summed E-state index contributed by atoms with van der Waals surface area (Å²) in [4.78, 5) is 0.0705. The summed E-state index contributed by atoms with van der Waals surface area (Å²) in [5, 5.41) is 3.18. The van der Waals surface area contributed by atoms with Crippen molar-refractivity contribution in [1.82, 2.24) is 9.62 Å². The summed E-state index contributed by atoms with van der Waals surface area (Å²) in [5.41, 5.74) is 0. The second kappa shape index (κ2) is 8.10. The molecule has 0 bridgehead atoms. The van der Waals surface area contributed by atoms with Crippen molar-refractivity contribution < 1.29 is 17.5 Å². The van der Waals surface area contributed by atoms with Crippen LogP contribution in [0, 0.1) is 5.82 Å². The molecule has 1 aromatic rings. The highest BCUT2D eigenvalue weighted by atomic mass is 35.5. The average Bonchev–Trinajstić information content (AvgIpc) is 2.98. The Morgan fingerprint density at radius 1 is 1.45 bits per heavy atom. The van der Waals surface area contributed by atoms with E-state index in [1.54, 1.807) is 0 Å². The zero-order valence-electron chi connectivity index (χ0n) is 12.7. The Balaban J connectivity index is 0.00000242. The molecule has 1 atom stereocenters. The molecule has 2 rings (SSSR count). The number of halogens is 2. The lowest BCUT2D eigenvalue weighted by molar-refractivity contribution is 0.334. The van der Waals surface area contributed by atoms with Crippen molar-refractivity contribution in [3.63, 3.8) is 0 Å². The molecule has 5 nitrogen and oxygen atoms in total. The third-order valence-corrected chi connectivity index (χ3v) is 5.56. The van der Waals surface area contributed by atoms with Crippen LogP contribution in [0.2, 0.25) is 0 Å². The maximum Gasteiger partial charge on any atom is 0.243 e. The van der Waals surface area contributed by atoms with Crippen LogP contribution in [0.1, 0.15) is 19.8 Å². The Bertz CT molecular complexity index is 592. The van der Waals surface area contributed by atoms with Crippen molar-refractivity contribution in [1.29, 1.82) is 0 Å². The Morgan fingerprint density at radius 2 is 2.18 bits per heavy atom. The van der Waals surface area contributed by atoms with Gasteiger partial charge in [-0.3, -0.25) is 0 Å². The van der Waals surface area contributed by atoms with E-state index in [2.05, 4.69) is 5.32 Å². The number of rotatable bonds is 6. The number of nitrogens with one attached hydrogen (secondary N) is 1. The zero-order valence-corrected chi connectivity index (χ0v) is 14.3. The summed E-state index contributed by atoms with van der Waals surface area (Å²) in [6.07, 6.45) is 1.52. The fraction of sp³-hybridized carbons (Fsp3) is 0.571. The van der Waals surface area contributed by atoms with Crippen LogP contribution in [0.25, 0.3) is 0 Å². The van der Waals surface area contributed by atoms with E-state index in [0.29, 0.717) is 13.1 Å². The average molecular weight is 353 g/mol. The summed E-state index contributed by atoms with van der Waals surface area (Å²) in [5.74, 6) is -0.627. The van der Waals surface area contributed by atoms with E-state index in [9.17, 15) is 12.8 Å². The summed E-state index contributed by atoms with van der Waals surface area (Å²) >= 11 is 0. The van der Waals surface area contributed by atoms with Gasteiger partial charge in [-0.2, -0.15) is 4.31 Å². The van der Waals surface area contributed by atoms with Crippen molar-refractivity contribution in [3.8, 4) is 5.75 Å². The minimum Gasteiger partial charge on any atom is -0.494 e. The Hall–Kier alpha value is -0.890. The number of hydrogen-bond donors (Lipinski definition) is 1. The van der Waals surface area contributed by atoms with Gasteiger partial charge in [0.1, 0.15) is 0 Å². The first-order valence-corrected chi connectivity index (χ1v) is 8.50. The monoisotopic (exact) mass is 352 g/mol. The van der Waals surface area contributed by atoms with Crippen molar-refractivity contribution in [2.45, 2.75) is 30.7 Å². The van der Waals surface area contributed by atoms with Gasteiger partial charge in [0.25, 0.3) is 0 Å². The molecule has 0 radical (unpaired) electrons. The molecule has 0 amide bonds. The lowest BCUT2D eigenvalue weighted by atomic mass is 10.2. The van der Waals surface area contributed by atoms with Gasteiger partial charge in [-0.05, 0) is 31.5 Å². The maximum absolute atomic E-state index is 13.5. The van der Waals surface area contributed by atoms with E-state index in [-0.39, 0.29) is 29.1 Å². The predicted octanol–water partition coefficient (Wildman–Crippen LogP) is 2.02. The van der Waals surface area contributed by atoms with Gasteiger partial charge in [-0.25, -0.2) is 12.8 Å². The molecule has 1 N–H and O–H groups in total. The molecule has 1 aromatic carbocycles. The number of nitrogens with zero attached hydrogens (tertiary/aromatic N) is 1. The van der Waals surface area contributed by atoms with Gasteiger partial charge in [-0.15, -0.1) is 12.4 Å². The number of hydrogen-bond acceptors (Lipinski definition) is 4. The normalized spacial score (nSPS) is 18.3. The van der Waals surface area contributed by atoms with Crippen LogP contribution in [0.5, 0.6) is 5.75 Å². The second-order valence-corrected chi connectivity index (χ2v) is 6.95. The first-order chi connectivity index (χ1) is 10.0.